The third-order valence-corrected chi connectivity index (χ3v) is 7.52. The molecular weight excluding hydrogens is 466 g/mol. The zero-order valence-electron chi connectivity index (χ0n) is 18.2. The van der Waals surface area contributed by atoms with Gasteiger partial charge in [0.05, 0.1) is 30.8 Å². The number of carbonyl (C=O) groups excluding carboxylic acids is 2. The fraction of sp³-hybridized carbons (Fsp3) is 0.364. The Bertz CT molecular complexity index is 1160. The predicted molar refractivity (Wildman–Crippen MR) is 120 cm³/mol. The van der Waals surface area contributed by atoms with E-state index in [2.05, 4.69) is 10.6 Å². The van der Waals surface area contributed by atoms with Crippen LogP contribution >= 0.6 is 23.1 Å². The molecular formula is C22H23N3O6S2. The second-order valence-electron chi connectivity index (χ2n) is 7.37. The average molecular weight is 490 g/mol. The molecule has 9 nitrogen and oxygen atoms in total. The van der Waals surface area contributed by atoms with E-state index in [-0.39, 0.29) is 16.7 Å². The molecule has 0 unspecified atom stereocenters. The van der Waals surface area contributed by atoms with Gasteiger partial charge in [-0.2, -0.15) is 0 Å². The number of ether oxygens (including phenoxy) is 2. The Morgan fingerprint density at radius 1 is 1.21 bits per heavy atom. The van der Waals surface area contributed by atoms with E-state index in [1.54, 1.807) is 31.4 Å². The summed E-state index contributed by atoms with van der Waals surface area (Å²) < 4.78 is 16.3. The molecule has 4 rings (SSSR count). The molecule has 0 radical (unpaired) electrons. The minimum Gasteiger partial charge on any atom is -0.538 e. The van der Waals surface area contributed by atoms with Crippen LogP contribution in [0.2, 0.25) is 0 Å². The molecule has 0 fully saturated rings. The Morgan fingerprint density at radius 3 is 2.70 bits per heavy atom. The van der Waals surface area contributed by atoms with Gasteiger partial charge in [-0.3, -0.25) is 4.79 Å². The zero-order chi connectivity index (χ0) is 23.4. The van der Waals surface area contributed by atoms with E-state index in [0.717, 1.165) is 54.3 Å². The number of thiophene rings is 1. The van der Waals surface area contributed by atoms with Crippen molar-refractivity contribution in [3.63, 3.8) is 0 Å². The molecule has 0 aliphatic heterocycles. The summed E-state index contributed by atoms with van der Waals surface area (Å²) in [4.78, 5) is 26.3. The van der Waals surface area contributed by atoms with Gasteiger partial charge in [0.1, 0.15) is 10.8 Å². The van der Waals surface area contributed by atoms with E-state index in [0.29, 0.717) is 22.0 Å². The van der Waals surface area contributed by atoms with Crippen LogP contribution in [-0.2, 0) is 22.4 Å². The largest absolute Gasteiger partial charge is 0.538 e. The highest BCUT2D eigenvalue weighted by atomic mass is 32.2. The number of hydrogen-bond donors (Lipinski definition) is 1. The van der Waals surface area contributed by atoms with Gasteiger partial charge in [-0.25, -0.2) is 4.79 Å². The molecule has 1 amide bonds. The first-order valence-corrected chi connectivity index (χ1v) is 12.2. The van der Waals surface area contributed by atoms with Crippen LogP contribution in [0.25, 0.3) is 5.69 Å². The fourth-order valence-corrected chi connectivity index (χ4v) is 5.74. The number of nitrogens with one attached hydrogen (secondary N) is 1. The number of methoxy groups -OCH3 is 2. The van der Waals surface area contributed by atoms with Crippen LogP contribution in [-0.4, -0.2) is 37.1 Å². The summed E-state index contributed by atoms with van der Waals surface area (Å²) in [5.41, 5.74) is 2.02. The van der Waals surface area contributed by atoms with Crippen molar-refractivity contribution in [1.82, 2.24) is 5.27 Å². The molecule has 0 spiro atoms. The summed E-state index contributed by atoms with van der Waals surface area (Å²) in [6, 6.07) is 6.92. The van der Waals surface area contributed by atoms with Gasteiger partial charge in [-0.05, 0) is 59.8 Å². The first-order chi connectivity index (χ1) is 16.0. The van der Waals surface area contributed by atoms with Gasteiger partial charge in [0, 0.05) is 17.0 Å². The van der Waals surface area contributed by atoms with Crippen LogP contribution in [0.3, 0.4) is 0 Å². The number of benzene rings is 1. The molecule has 0 saturated heterocycles. The summed E-state index contributed by atoms with van der Waals surface area (Å²) in [6.45, 7) is 0. The normalized spacial score (nSPS) is 13.2. The van der Waals surface area contributed by atoms with Crippen molar-refractivity contribution >= 4 is 40.0 Å². The summed E-state index contributed by atoms with van der Waals surface area (Å²) in [5, 5.41) is 19.5. The summed E-state index contributed by atoms with van der Waals surface area (Å²) in [6.07, 6.45) is 4.86. The molecule has 1 aliphatic rings. The SMILES string of the molecule is COC(=O)c1c(NC(=O)CSc2c([O-])on[n+]2-c2ccc(OC)cc2)sc2c1CCCCC2. The lowest BCUT2D eigenvalue weighted by Gasteiger charge is -2.07. The van der Waals surface area contributed by atoms with Crippen molar-refractivity contribution < 1.29 is 33.4 Å². The summed E-state index contributed by atoms with van der Waals surface area (Å²) in [7, 11) is 2.90. The quantitative estimate of drug-likeness (QED) is 0.233. The van der Waals surface area contributed by atoms with E-state index in [1.165, 1.54) is 23.1 Å². The van der Waals surface area contributed by atoms with E-state index in [4.69, 9.17) is 14.0 Å². The number of aryl methyl sites for hydroxylation is 1. The third kappa shape index (κ3) is 4.98. The molecule has 0 saturated carbocycles. The number of anilines is 1. The van der Waals surface area contributed by atoms with Crippen molar-refractivity contribution in [2.75, 3.05) is 25.3 Å². The van der Waals surface area contributed by atoms with Crippen LogP contribution in [0.5, 0.6) is 11.7 Å². The maximum Gasteiger partial charge on any atom is 0.341 e. The van der Waals surface area contributed by atoms with Crippen molar-refractivity contribution in [3.05, 3.63) is 40.3 Å². The van der Waals surface area contributed by atoms with Crippen molar-refractivity contribution in [2.24, 2.45) is 0 Å². The molecule has 0 atom stereocenters. The highest BCUT2D eigenvalue weighted by molar-refractivity contribution is 7.99. The molecule has 33 heavy (non-hydrogen) atoms. The minimum atomic E-state index is -0.637. The highest BCUT2D eigenvalue weighted by Gasteiger charge is 2.27. The molecule has 2 heterocycles. The summed E-state index contributed by atoms with van der Waals surface area (Å²) in [5.74, 6) is -0.828. The maximum atomic E-state index is 12.7. The number of fused-ring (bicyclic) bond motifs is 1. The Hall–Kier alpha value is -3.05. The van der Waals surface area contributed by atoms with Crippen LogP contribution in [0.15, 0.2) is 33.8 Å². The number of esters is 1. The monoisotopic (exact) mass is 489 g/mol. The Labute approximate surface area is 198 Å². The minimum absolute atomic E-state index is 0.0597. The molecule has 1 aromatic carbocycles. The predicted octanol–water partition coefficient (Wildman–Crippen LogP) is 2.88. The second-order valence-corrected chi connectivity index (χ2v) is 9.44. The van der Waals surface area contributed by atoms with Crippen molar-refractivity contribution in [3.8, 4) is 17.4 Å². The molecule has 1 N–H and O–H groups in total. The number of hydrogen-bond acceptors (Lipinski definition) is 9. The average Bonchev–Trinajstić information content (AvgIpc) is 3.27. The Morgan fingerprint density at radius 2 is 1.97 bits per heavy atom. The van der Waals surface area contributed by atoms with E-state index in [9.17, 15) is 14.7 Å². The number of rotatable bonds is 7. The third-order valence-electron chi connectivity index (χ3n) is 5.29. The molecule has 1 aliphatic carbocycles. The smallest absolute Gasteiger partial charge is 0.341 e. The van der Waals surface area contributed by atoms with E-state index < -0.39 is 11.9 Å². The first kappa shape index (κ1) is 23.1. The van der Waals surface area contributed by atoms with Gasteiger partial charge in [-0.1, -0.05) is 6.42 Å². The topological polar surface area (TPSA) is 118 Å². The van der Waals surface area contributed by atoms with Crippen LogP contribution < -0.4 is 19.8 Å². The van der Waals surface area contributed by atoms with E-state index in [1.807, 2.05) is 0 Å². The lowest BCUT2D eigenvalue weighted by Crippen LogP contribution is -2.35. The molecule has 174 valence electrons. The summed E-state index contributed by atoms with van der Waals surface area (Å²) >= 11 is 2.44. The number of amides is 1. The lowest BCUT2D eigenvalue weighted by molar-refractivity contribution is -0.705. The standard InChI is InChI=1S/C22H23N3O6S2/c1-29-14-10-8-13(9-11-14)25-20(22(28)31-24-25)32-12-17(26)23-19-18(21(27)30-2)15-6-4-3-5-7-16(15)33-19/h8-11H,3-7,12H2,1-2H3,(H-,23,24,26,27,28). The lowest BCUT2D eigenvalue weighted by atomic mass is 10.1. The molecule has 3 aromatic rings. The maximum absolute atomic E-state index is 12.7. The van der Waals surface area contributed by atoms with Crippen LogP contribution in [0.1, 0.15) is 40.1 Å². The zero-order valence-corrected chi connectivity index (χ0v) is 19.8. The van der Waals surface area contributed by atoms with Crippen molar-refractivity contribution in [2.45, 2.75) is 37.1 Å². The highest BCUT2D eigenvalue weighted by Crippen LogP contribution is 2.38. The van der Waals surface area contributed by atoms with Gasteiger partial charge in [-0.15, -0.1) is 11.3 Å². The molecule has 0 bridgehead atoms. The Kier molecular flexibility index (Phi) is 7.19. The van der Waals surface area contributed by atoms with Gasteiger partial charge >= 0.3 is 5.97 Å². The second kappa shape index (κ2) is 10.3. The number of aromatic nitrogens is 2. The van der Waals surface area contributed by atoms with Gasteiger partial charge in [0.15, 0.2) is 5.95 Å². The van der Waals surface area contributed by atoms with Crippen molar-refractivity contribution in [1.29, 1.82) is 0 Å². The fourth-order valence-electron chi connectivity index (χ4n) is 3.69. The van der Waals surface area contributed by atoms with Crippen LogP contribution in [0.4, 0.5) is 5.00 Å². The van der Waals surface area contributed by atoms with Gasteiger partial charge < -0.3 is 24.4 Å². The first-order valence-electron chi connectivity index (χ1n) is 10.4. The number of thioether (sulfide) groups is 1. The number of nitrogens with zero attached hydrogens (tertiary/aromatic N) is 2. The van der Waals surface area contributed by atoms with Crippen LogP contribution in [0, 0.1) is 0 Å². The number of carbonyl (C=O) groups is 2. The molecule has 2 aromatic heterocycles. The van der Waals surface area contributed by atoms with E-state index >= 15 is 0 Å². The van der Waals surface area contributed by atoms with Gasteiger partial charge in [0.2, 0.25) is 11.6 Å². The molecule has 11 heteroatoms. The Balaban J connectivity index is 1.50. The van der Waals surface area contributed by atoms with Gasteiger partial charge in [0.25, 0.3) is 5.03 Å².